The third-order valence-electron chi connectivity index (χ3n) is 1.14. The van der Waals surface area contributed by atoms with Gasteiger partial charge >= 0.3 is 0 Å². The van der Waals surface area contributed by atoms with Crippen LogP contribution in [0.15, 0.2) is 0 Å². The highest BCUT2D eigenvalue weighted by molar-refractivity contribution is 7.53. The summed E-state index contributed by atoms with van der Waals surface area (Å²) in [5.74, 6) is 0. The van der Waals surface area contributed by atoms with E-state index in [9.17, 15) is 0 Å². The minimum Gasteiger partial charge on any atom is -0.0933 e. The molecule has 7 heavy (non-hydrogen) atoms. The average molecular weight is 89.2 g/mol. The first-order valence-corrected chi connectivity index (χ1v) is 3.27. The van der Waals surface area contributed by atoms with Crippen LogP contribution in [0.5, 0.6) is 0 Å². The average Bonchev–Trinajstić information content (AvgIpc) is 1.61. The summed E-state index contributed by atoms with van der Waals surface area (Å²) in [5.41, 5.74) is 0. The highest BCUT2D eigenvalue weighted by atomic mass is 13.1. The van der Waals surface area contributed by atoms with Crippen LogP contribution < -0.4 is 0 Å². The summed E-state index contributed by atoms with van der Waals surface area (Å²) in [6, 6.07) is 0. The Balaban J connectivity index is 2.68. The van der Waals surface area contributed by atoms with Crippen molar-refractivity contribution in [2.45, 2.75) is 13.6 Å². The van der Waals surface area contributed by atoms with Crippen LogP contribution in [0.25, 0.3) is 0 Å². The molecule has 0 N–H and O–H groups in total. The molecule has 5 heteroatoms. The van der Waals surface area contributed by atoms with Crippen molar-refractivity contribution in [3.63, 3.8) is 0 Å². The summed E-state index contributed by atoms with van der Waals surface area (Å²) >= 11 is 0. The molecule has 0 nitrogen and oxygen atoms in total. The first-order chi connectivity index (χ1) is 3.27. The molecule has 0 aliphatic heterocycles. The van der Waals surface area contributed by atoms with Crippen LogP contribution >= 0.6 is 0 Å². The van der Waals surface area contributed by atoms with Crippen molar-refractivity contribution < 1.29 is 0 Å². The molecule has 0 aromatic carbocycles. The first kappa shape index (κ1) is 7.32. The molecule has 0 aliphatic carbocycles. The maximum Gasteiger partial charge on any atom is 0.0888 e. The second-order valence-corrected chi connectivity index (χ2v) is 2.54. The molecule has 0 bridgehead atoms. The van der Waals surface area contributed by atoms with Gasteiger partial charge in [0.2, 0.25) is 0 Å². The van der Waals surface area contributed by atoms with E-state index in [1.54, 1.807) is 0 Å². The van der Waals surface area contributed by atoms with Gasteiger partial charge in [0, 0.05) is 14.1 Å². The minimum atomic E-state index is 0.903. The number of hydrogen-bond acceptors (Lipinski definition) is 0. The fourth-order valence-electron chi connectivity index (χ4n) is 0.612. The Morgan fingerprint density at radius 2 is 2.00 bits per heavy atom. The molecule has 0 fully saturated rings. The molecule has 0 rings (SSSR count). The van der Waals surface area contributed by atoms with Crippen molar-refractivity contribution in [3.8, 4) is 0 Å². The predicted octanol–water partition coefficient (Wildman–Crippen LogP) is -2.07. The fourth-order valence-corrected chi connectivity index (χ4v) is 0.612. The van der Waals surface area contributed by atoms with E-state index in [1.165, 1.54) is 21.2 Å². The fraction of sp³-hybridized carbons (Fsp3) is 1.00. The zero-order valence-corrected chi connectivity index (χ0v) is 5.70. The van der Waals surface area contributed by atoms with Crippen LogP contribution in [0.4, 0.5) is 0 Å². The highest BCUT2D eigenvalue weighted by Gasteiger charge is 1.97. The summed E-state index contributed by atoms with van der Waals surface area (Å²) in [7, 11) is 6.38. The standard InChI is InChI=1S/C2H11B5/c1-7(2)6-5-4-3/h4-6H,3H2,1-2H3. The van der Waals surface area contributed by atoms with Gasteiger partial charge in [-0.3, -0.25) is 0 Å². The van der Waals surface area contributed by atoms with Crippen molar-refractivity contribution >= 4 is 35.5 Å². The molecule has 0 saturated carbocycles. The third kappa shape index (κ3) is 6.32. The maximum absolute atomic E-state index is 2.27. The number of hydrogen-bond donors (Lipinski definition) is 0. The molecule has 0 atom stereocenters. The summed E-state index contributed by atoms with van der Waals surface area (Å²) in [6.07, 6.45) is 0. The predicted molar refractivity (Wildman–Crippen MR) is 47.5 cm³/mol. The molecule has 0 amide bonds. The van der Waals surface area contributed by atoms with Crippen molar-refractivity contribution in [3.05, 3.63) is 0 Å². The minimum absolute atomic E-state index is 0.903. The van der Waals surface area contributed by atoms with Crippen molar-refractivity contribution in [1.29, 1.82) is 0 Å². The zero-order valence-electron chi connectivity index (χ0n) is 5.70. The van der Waals surface area contributed by atoms with Crippen molar-refractivity contribution in [2.24, 2.45) is 0 Å². The SMILES string of the molecule is BBBBB(C)C. The zero-order chi connectivity index (χ0) is 5.70. The van der Waals surface area contributed by atoms with Gasteiger partial charge in [-0.1, -0.05) is 13.6 Å². The van der Waals surface area contributed by atoms with Gasteiger partial charge < -0.3 is 0 Å². The normalized spacial score (nSPS) is 7.14. The Morgan fingerprint density at radius 1 is 1.43 bits per heavy atom. The molecule has 34 valence electrons. The lowest BCUT2D eigenvalue weighted by atomic mass is 8.99. The molecule has 0 aromatic rings. The maximum atomic E-state index is 2.27. The van der Waals surface area contributed by atoms with Crippen LogP contribution in [0.3, 0.4) is 0 Å². The summed E-state index contributed by atoms with van der Waals surface area (Å²) in [4.78, 5) is 0. The van der Waals surface area contributed by atoms with Crippen LogP contribution in [0.1, 0.15) is 0 Å². The molecule has 0 spiro atoms. The van der Waals surface area contributed by atoms with Gasteiger partial charge in [-0.25, -0.2) is 0 Å². The summed E-state index contributed by atoms with van der Waals surface area (Å²) < 4.78 is 0. The molecular weight excluding hydrogens is 78.1 g/mol. The smallest absolute Gasteiger partial charge is 0.0888 e. The van der Waals surface area contributed by atoms with E-state index in [0.29, 0.717) is 0 Å². The van der Waals surface area contributed by atoms with Crippen LogP contribution in [-0.2, 0) is 0 Å². The quantitative estimate of drug-likeness (QED) is 0.348. The Labute approximate surface area is 50.0 Å². The van der Waals surface area contributed by atoms with Crippen LogP contribution in [0.2, 0.25) is 13.6 Å². The van der Waals surface area contributed by atoms with Gasteiger partial charge in [-0.2, -0.15) is 0 Å². The Bertz CT molecular complexity index is 35.1. The molecule has 0 saturated heterocycles. The second-order valence-electron chi connectivity index (χ2n) is 2.54. The Morgan fingerprint density at radius 3 is 2.14 bits per heavy atom. The monoisotopic (exact) mass is 90.1 g/mol. The van der Waals surface area contributed by atoms with E-state index in [2.05, 4.69) is 21.4 Å². The van der Waals surface area contributed by atoms with E-state index in [4.69, 9.17) is 0 Å². The van der Waals surface area contributed by atoms with Gasteiger partial charge in [0.25, 0.3) is 0 Å². The molecule has 0 heterocycles. The largest absolute Gasteiger partial charge is 0.0933 e. The van der Waals surface area contributed by atoms with E-state index in [1.807, 2.05) is 0 Å². The Hall–Kier alpha value is 0.325. The topological polar surface area (TPSA) is 0 Å². The van der Waals surface area contributed by atoms with Gasteiger partial charge in [-0.15, -0.1) is 0 Å². The lowest BCUT2D eigenvalue weighted by molar-refractivity contribution is 2.10. The van der Waals surface area contributed by atoms with E-state index in [-0.39, 0.29) is 0 Å². The molecule has 0 aliphatic rings. The first-order valence-electron chi connectivity index (χ1n) is 3.27. The van der Waals surface area contributed by atoms with E-state index in [0.717, 1.165) is 6.60 Å². The molecule has 0 radical (unpaired) electrons. The van der Waals surface area contributed by atoms with Gasteiger partial charge in [0.05, 0.1) is 21.4 Å². The Kier molecular flexibility index (Phi) is 4.69. The van der Waals surface area contributed by atoms with Crippen LogP contribution in [0, 0.1) is 0 Å². The van der Waals surface area contributed by atoms with E-state index < -0.39 is 0 Å². The van der Waals surface area contributed by atoms with E-state index >= 15 is 0 Å². The number of rotatable bonds is 3. The van der Waals surface area contributed by atoms with Gasteiger partial charge in [-0.05, 0) is 0 Å². The molecule has 0 aromatic heterocycles. The molecule has 0 unspecified atom stereocenters. The van der Waals surface area contributed by atoms with Crippen molar-refractivity contribution in [2.75, 3.05) is 0 Å². The third-order valence-corrected chi connectivity index (χ3v) is 1.14. The molecular formula is C2H11B5. The second kappa shape index (κ2) is 4.48. The lowest BCUT2D eigenvalue weighted by Crippen LogP contribution is -2.24. The summed E-state index contributed by atoms with van der Waals surface area (Å²) in [5, 5.41) is 0. The van der Waals surface area contributed by atoms with Gasteiger partial charge in [0.15, 0.2) is 0 Å². The lowest BCUT2D eigenvalue weighted by Gasteiger charge is -1.90. The van der Waals surface area contributed by atoms with Crippen LogP contribution in [-0.4, -0.2) is 35.5 Å². The van der Waals surface area contributed by atoms with Crippen molar-refractivity contribution in [1.82, 2.24) is 0 Å². The highest BCUT2D eigenvalue weighted by Crippen LogP contribution is 1.70. The summed E-state index contributed by atoms with van der Waals surface area (Å²) in [6.45, 7) is 5.45. The van der Waals surface area contributed by atoms with Gasteiger partial charge in [0.1, 0.15) is 0 Å².